The maximum Gasteiger partial charge on any atom is 0.374 e. The van der Waals surface area contributed by atoms with E-state index in [1.54, 1.807) is 36.4 Å². The van der Waals surface area contributed by atoms with Gasteiger partial charge in [0.15, 0.2) is 11.6 Å². The van der Waals surface area contributed by atoms with Gasteiger partial charge in [0.2, 0.25) is 5.82 Å². The molecule has 0 saturated carbocycles. The molecule has 0 spiro atoms. The predicted molar refractivity (Wildman–Crippen MR) is 144 cm³/mol. The van der Waals surface area contributed by atoms with Crippen LogP contribution >= 0.6 is 0 Å². The Labute approximate surface area is 222 Å². The summed E-state index contributed by atoms with van der Waals surface area (Å²) in [5.41, 5.74) is 2.59. The summed E-state index contributed by atoms with van der Waals surface area (Å²) in [6, 6.07) is 15.1. The molecule has 0 atom stereocenters. The largest absolute Gasteiger partial charge is 0.478 e. The third kappa shape index (κ3) is 5.44. The van der Waals surface area contributed by atoms with Gasteiger partial charge in [0.1, 0.15) is 22.9 Å². The Morgan fingerprint density at radius 1 is 0.846 bits per heavy atom. The van der Waals surface area contributed by atoms with Gasteiger partial charge in [-0.25, -0.2) is 29.5 Å². The van der Waals surface area contributed by atoms with Crippen molar-refractivity contribution in [2.75, 3.05) is 0 Å². The van der Waals surface area contributed by atoms with Gasteiger partial charge in [-0.1, -0.05) is 35.9 Å². The molecule has 192 valence electrons. The molecule has 0 aliphatic carbocycles. The summed E-state index contributed by atoms with van der Waals surface area (Å²) in [5, 5.41) is 19.8. The maximum absolute atomic E-state index is 11.9. The van der Waals surface area contributed by atoms with E-state index in [0.717, 1.165) is 5.57 Å². The molecule has 4 heterocycles. The lowest BCUT2D eigenvalue weighted by Crippen LogP contribution is -2.10. The number of allylic oxidation sites excluding steroid dienone is 3. The minimum Gasteiger partial charge on any atom is -0.478 e. The van der Waals surface area contributed by atoms with Crippen LogP contribution in [0.15, 0.2) is 82.9 Å². The molecule has 0 unspecified atom stereocenters. The van der Waals surface area contributed by atoms with Gasteiger partial charge in [0, 0.05) is 17.1 Å². The number of nitrogens with zero attached hydrogens (tertiary/aromatic N) is 5. The first-order chi connectivity index (χ1) is 18.8. The number of aromatic carboxylic acids is 2. The highest BCUT2D eigenvalue weighted by Gasteiger charge is 2.20. The van der Waals surface area contributed by atoms with Gasteiger partial charge in [-0.15, -0.1) is 0 Å². The number of carbonyl (C=O) groups is 2. The van der Waals surface area contributed by atoms with Gasteiger partial charge < -0.3 is 14.6 Å². The molecule has 10 heteroatoms. The molecule has 0 saturated heterocycles. The number of benzene rings is 1. The third-order valence-corrected chi connectivity index (χ3v) is 5.59. The molecule has 2 N–H and O–H groups in total. The van der Waals surface area contributed by atoms with Crippen molar-refractivity contribution in [3.63, 3.8) is 0 Å². The molecule has 0 aliphatic rings. The summed E-state index contributed by atoms with van der Waals surface area (Å²) in [7, 11) is 0. The predicted octanol–water partition coefficient (Wildman–Crippen LogP) is 5.78. The Bertz CT molecular complexity index is 1800. The van der Waals surface area contributed by atoms with E-state index >= 15 is 0 Å². The zero-order valence-corrected chi connectivity index (χ0v) is 20.9. The van der Waals surface area contributed by atoms with Crippen LogP contribution in [0.4, 0.5) is 0 Å². The van der Waals surface area contributed by atoms with Gasteiger partial charge in [-0.05, 0) is 56.3 Å². The van der Waals surface area contributed by atoms with Crippen LogP contribution in [0.1, 0.15) is 40.6 Å². The van der Waals surface area contributed by atoms with Crippen LogP contribution in [0, 0.1) is 0 Å². The fourth-order valence-electron chi connectivity index (χ4n) is 3.81. The van der Waals surface area contributed by atoms with Crippen LogP contribution in [0.25, 0.3) is 51.3 Å². The average Bonchev–Trinajstić information content (AvgIpc) is 3.41. The molecule has 10 nitrogen and oxygen atoms in total. The highest BCUT2D eigenvalue weighted by molar-refractivity contribution is 6.03. The summed E-state index contributed by atoms with van der Waals surface area (Å²) < 4.78 is 5.92. The quantitative estimate of drug-likeness (QED) is 0.253. The number of carboxylic acids is 2. The number of hydrogen-bond acceptors (Lipinski definition) is 8. The van der Waals surface area contributed by atoms with E-state index in [1.165, 1.54) is 12.3 Å². The van der Waals surface area contributed by atoms with Crippen LogP contribution in [-0.4, -0.2) is 47.1 Å². The van der Waals surface area contributed by atoms with Crippen molar-refractivity contribution in [2.45, 2.75) is 13.8 Å². The fourth-order valence-corrected chi connectivity index (χ4v) is 3.81. The highest BCUT2D eigenvalue weighted by atomic mass is 16.4. The normalized spacial score (nSPS) is 11.1. The van der Waals surface area contributed by atoms with Crippen molar-refractivity contribution in [1.29, 1.82) is 0 Å². The number of pyridine rings is 2. The van der Waals surface area contributed by atoms with Crippen LogP contribution in [0.2, 0.25) is 0 Å². The minimum absolute atomic E-state index is 0.0122. The topological polar surface area (TPSA) is 152 Å². The number of carboxylic acid groups (broad SMARTS) is 2. The SMILES string of the molecule is CC(C)=C/C=C/c1ccc(-c2ccnc(-c3nc(C(=O)O)nc(-c4cc(C(=O)O)c5ccccc5n4)n3)c2)o1. The summed E-state index contributed by atoms with van der Waals surface area (Å²) in [6.45, 7) is 4.00. The highest BCUT2D eigenvalue weighted by Crippen LogP contribution is 2.27. The summed E-state index contributed by atoms with van der Waals surface area (Å²) in [4.78, 5) is 45.1. The first-order valence-electron chi connectivity index (χ1n) is 11.8. The molecule has 5 aromatic rings. The standard InChI is InChI=1S/C29H21N5O5/c1-16(2)6-5-7-18-10-11-24(39-18)17-12-13-30-22(14-17)25-32-26(34-27(33-25)29(37)38)23-15-20(28(35)36)19-8-3-4-9-21(19)31-23/h3-15H,1-2H3,(H,35,36)(H,37,38)/b7-5+. The second kappa shape index (κ2) is 10.5. The Balaban J connectivity index is 1.58. The van der Waals surface area contributed by atoms with E-state index in [1.807, 2.05) is 44.2 Å². The molecule has 0 radical (unpaired) electrons. The molecule has 1 aromatic carbocycles. The van der Waals surface area contributed by atoms with Crippen LogP contribution in [0.5, 0.6) is 0 Å². The van der Waals surface area contributed by atoms with E-state index in [2.05, 4.69) is 24.9 Å². The summed E-state index contributed by atoms with van der Waals surface area (Å²) in [5.74, 6) is -1.94. The lowest BCUT2D eigenvalue weighted by atomic mass is 10.1. The van der Waals surface area contributed by atoms with Crippen molar-refractivity contribution < 1.29 is 24.2 Å². The Kier molecular flexibility index (Phi) is 6.75. The number of hydrogen-bond donors (Lipinski definition) is 2. The Morgan fingerprint density at radius 2 is 1.62 bits per heavy atom. The number of furan rings is 1. The Hall–Kier alpha value is -5.51. The molecular formula is C29H21N5O5. The lowest BCUT2D eigenvalue weighted by molar-refractivity contribution is 0.0677. The van der Waals surface area contributed by atoms with E-state index < -0.39 is 17.8 Å². The van der Waals surface area contributed by atoms with E-state index in [9.17, 15) is 19.8 Å². The number of para-hydroxylation sites is 1. The van der Waals surface area contributed by atoms with Crippen molar-refractivity contribution in [2.24, 2.45) is 0 Å². The van der Waals surface area contributed by atoms with E-state index in [-0.39, 0.29) is 28.6 Å². The first kappa shape index (κ1) is 25.2. The fraction of sp³-hybridized carbons (Fsp3) is 0.0690. The van der Waals surface area contributed by atoms with E-state index in [4.69, 9.17) is 4.42 Å². The van der Waals surface area contributed by atoms with Gasteiger partial charge in [0.25, 0.3) is 0 Å². The Morgan fingerprint density at radius 3 is 2.36 bits per heavy atom. The number of fused-ring (bicyclic) bond motifs is 1. The number of aromatic nitrogens is 5. The van der Waals surface area contributed by atoms with Gasteiger partial charge in [0.05, 0.1) is 11.1 Å². The van der Waals surface area contributed by atoms with Gasteiger partial charge in [-0.2, -0.15) is 0 Å². The number of rotatable bonds is 7. The van der Waals surface area contributed by atoms with Crippen molar-refractivity contribution >= 4 is 28.9 Å². The smallest absolute Gasteiger partial charge is 0.374 e. The summed E-state index contributed by atoms with van der Waals surface area (Å²) in [6.07, 6.45) is 7.24. The molecule has 39 heavy (non-hydrogen) atoms. The van der Waals surface area contributed by atoms with Crippen molar-refractivity contribution in [1.82, 2.24) is 24.9 Å². The zero-order valence-electron chi connectivity index (χ0n) is 20.9. The monoisotopic (exact) mass is 519 g/mol. The van der Waals surface area contributed by atoms with Crippen LogP contribution in [-0.2, 0) is 0 Å². The average molecular weight is 520 g/mol. The molecular weight excluding hydrogens is 498 g/mol. The second-order valence-electron chi connectivity index (χ2n) is 8.72. The van der Waals surface area contributed by atoms with Gasteiger partial charge in [-0.3, -0.25) is 4.98 Å². The molecule has 5 rings (SSSR count). The first-order valence-corrected chi connectivity index (χ1v) is 11.8. The third-order valence-electron chi connectivity index (χ3n) is 5.59. The van der Waals surface area contributed by atoms with Gasteiger partial charge >= 0.3 is 11.9 Å². The van der Waals surface area contributed by atoms with Crippen molar-refractivity contribution in [3.8, 4) is 34.4 Å². The maximum atomic E-state index is 11.9. The second-order valence-corrected chi connectivity index (χ2v) is 8.72. The summed E-state index contributed by atoms with van der Waals surface area (Å²) >= 11 is 0. The molecule has 4 aromatic heterocycles. The molecule has 0 fully saturated rings. The molecule has 0 bridgehead atoms. The zero-order chi connectivity index (χ0) is 27.5. The van der Waals surface area contributed by atoms with Crippen molar-refractivity contribution in [3.05, 3.63) is 95.7 Å². The van der Waals surface area contributed by atoms with Crippen LogP contribution < -0.4 is 0 Å². The molecule has 0 amide bonds. The lowest BCUT2D eigenvalue weighted by Gasteiger charge is -2.08. The van der Waals surface area contributed by atoms with Crippen LogP contribution in [0.3, 0.4) is 0 Å². The van der Waals surface area contributed by atoms with E-state index in [0.29, 0.717) is 28.0 Å². The minimum atomic E-state index is -1.38. The molecule has 0 aliphatic heterocycles.